The highest BCUT2D eigenvalue weighted by Crippen LogP contribution is 2.28. The van der Waals surface area contributed by atoms with Crippen LogP contribution in [0.3, 0.4) is 0 Å². The largest absolute Gasteiger partial charge is 1.00 e. The summed E-state index contributed by atoms with van der Waals surface area (Å²) < 4.78 is 19.2. The lowest BCUT2D eigenvalue weighted by molar-refractivity contribution is -0.00100. The third-order valence-corrected chi connectivity index (χ3v) is 4.53. The average Bonchev–Trinajstić information content (AvgIpc) is 2.70. The summed E-state index contributed by atoms with van der Waals surface area (Å²) in [6.45, 7) is 4.98. The van der Waals surface area contributed by atoms with Gasteiger partial charge in [0, 0.05) is 31.7 Å². The molecule has 3 aromatic rings. The lowest BCUT2D eigenvalue weighted by atomic mass is 10.0. The number of aliphatic hydroxyl groups excluding tert-OH is 1. The van der Waals surface area contributed by atoms with Crippen LogP contribution in [0.2, 0.25) is 0 Å². The molecule has 30 heavy (non-hydrogen) atoms. The van der Waals surface area contributed by atoms with E-state index in [1.807, 2.05) is 18.2 Å². The van der Waals surface area contributed by atoms with E-state index in [-0.39, 0.29) is 36.7 Å². The van der Waals surface area contributed by atoms with E-state index in [2.05, 4.69) is 28.8 Å². The van der Waals surface area contributed by atoms with Gasteiger partial charge in [0.2, 0.25) is 0 Å². The van der Waals surface area contributed by atoms with Crippen molar-refractivity contribution in [3.8, 4) is 5.75 Å². The SMILES string of the molecule is CC(O)CNCCNCc1c(OCc2ccc(F)cc2)ccc2ccccc12.[Cl-].[Cl-]. The summed E-state index contributed by atoms with van der Waals surface area (Å²) in [5.74, 6) is 0.580. The molecule has 0 aromatic heterocycles. The van der Waals surface area contributed by atoms with Crippen molar-refractivity contribution in [2.45, 2.75) is 26.2 Å². The van der Waals surface area contributed by atoms with Crippen molar-refractivity contribution in [1.29, 1.82) is 0 Å². The summed E-state index contributed by atoms with van der Waals surface area (Å²) in [5, 5.41) is 18.3. The van der Waals surface area contributed by atoms with Gasteiger partial charge in [0.1, 0.15) is 18.2 Å². The topological polar surface area (TPSA) is 53.5 Å². The van der Waals surface area contributed by atoms with E-state index in [1.165, 1.54) is 17.5 Å². The number of fused-ring (bicyclic) bond motifs is 1. The van der Waals surface area contributed by atoms with Crippen LogP contribution in [0.1, 0.15) is 18.1 Å². The van der Waals surface area contributed by atoms with E-state index in [0.717, 1.165) is 35.4 Å². The predicted molar refractivity (Wildman–Crippen MR) is 111 cm³/mol. The molecule has 0 amide bonds. The van der Waals surface area contributed by atoms with Crippen LogP contribution in [0.4, 0.5) is 4.39 Å². The fourth-order valence-electron chi connectivity index (χ4n) is 3.08. The predicted octanol–water partition coefficient (Wildman–Crippen LogP) is -2.37. The number of halogens is 3. The van der Waals surface area contributed by atoms with Gasteiger partial charge in [0.05, 0.1) is 6.10 Å². The summed E-state index contributed by atoms with van der Waals surface area (Å²) in [6, 6.07) is 18.7. The van der Waals surface area contributed by atoms with Crippen molar-refractivity contribution in [3.63, 3.8) is 0 Å². The Morgan fingerprint density at radius 1 is 0.933 bits per heavy atom. The molecule has 3 rings (SSSR count). The van der Waals surface area contributed by atoms with Gasteiger partial charge in [-0.3, -0.25) is 0 Å². The van der Waals surface area contributed by atoms with E-state index >= 15 is 0 Å². The molecule has 3 N–H and O–H groups in total. The van der Waals surface area contributed by atoms with Crippen LogP contribution in [-0.2, 0) is 13.2 Å². The highest BCUT2D eigenvalue weighted by molar-refractivity contribution is 5.87. The van der Waals surface area contributed by atoms with Gasteiger partial charge in [-0.05, 0) is 41.5 Å². The fourth-order valence-corrected chi connectivity index (χ4v) is 3.08. The number of hydrogen-bond acceptors (Lipinski definition) is 4. The van der Waals surface area contributed by atoms with Crippen LogP contribution in [-0.4, -0.2) is 30.8 Å². The van der Waals surface area contributed by atoms with Gasteiger partial charge in [-0.1, -0.05) is 42.5 Å². The average molecular weight is 453 g/mol. The molecule has 4 nitrogen and oxygen atoms in total. The molecule has 0 fully saturated rings. The molecule has 0 aliphatic rings. The lowest BCUT2D eigenvalue weighted by Gasteiger charge is -2.15. The van der Waals surface area contributed by atoms with Gasteiger partial charge in [0.15, 0.2) is 0 Å². The number of benzene rings is 3. The molecule has 3 aromatic carbocycles. The van der Waals surface area contributed by atoms with Gasteiger partial charge < -0.3 is 45.3 Å². The number of hydrogen-bond donors (Lipinski definition) is 3. The Hall–Kier alpha value is -1.89. The highest BCUT2D eigenvalue weighted by atomic mass is 35.5. The zero-order chi connectivity index (χ0) is 19.8. The van der Waals surface area contributed by atoms with Crippen LogP contribution in [0.5, 0.6) is 5.75 Å². The van der Waals surface area contributed by atoms with Gasteiger partial charge in [-0.25, -0.2) is 4.39 Å². The van der Waals surface area contributed by atoms with E-state index in [0.29, 0.717) is 19.7 Å². The first-order chi connectivity index (χ1) is 13.6. The summed E-state index contributed by atoms with van der Waals surface area (Å²) in [5.41, 5.74) is 2.03. The van der Waals surface area contributed by atoms with Crippen molar-refractivity contribution in [2.75, 3.05) is 19.6 Å². The van der Waals surface area contributed by atoms with Crippen molar-refractivity contribution < 1.29 is 39.0 Å². The summed E-state index contributed by atoms with van der Waals surface area (Å²) in [6.07, 6.45) is -0.343. The second-order valence-electron chi connectivity index (χ2n) is 6.91. The van der Waals surface area contributed by atoms with Gasteiger partial charge >= 0.3 is 0 Å². The van der Waals surface area contributed by atoms with E-state index in [9.17, 15) is 9.50 Å². The van der Waals surface area contributed by atoms with E-state index in [1.54, 1.807) is 19.1 Å². The molecule has 0 aliphatic heterocycles. The maximum absolute atomic E-state index is 13.1. The molecule has 164 valence electrons. The van der Waals surface area contributed by atoms with E-state index in [4.69, 9.17) is 4.74 Å². The smallest absolute Gasteiger partial charge is 0.124 e. The minimum absolute atomic E-state index is 0. The molecular formula is C23H27Cl2FN2O2-2. The minimum atomic E-state index is -0.343. The van der Waals surface area contributed by atoms with Crippen LogP contribution in [0.25, 0.3) is 10.8 Å². The Labute approximate surface area is 189 Å². The number of aliphatic hydroxyl groups is 1. The Balaban J connectivity index is 0.00000225. The summed E-state index contributed by atoms with van der Waals surface area (Å²) in [4.78, 5) is 0. The van der Waals surface area contributed by atoms with Crippen molar-refractivity contribution in [3.05, 3.63) is 77.6 Å². The maximum Gasteiger partial charge on any atom is 0.124 e. The van der Waals surface area contributed by atoms with Crippen LogP contribution < -0.4 is 40.2 Å². The van der Waals surface area contributed by atoms with Crippen molar-refractivity contribution >= 4 is 10.8 Å². The standard InChI is InChI=1S/C23H27FN2O2.2ClH/c1-17(27)14-25-12-13-26-15-22-21-5-3-2-4-19(21)8-11-23(22)28-16-18-6-9-20(24)10-7-18;;/h2-11,17,25-27H,12-16H2,1H3;2*1H/p-2. The van der Waals surface area contributed by atoms with Gasteiger partial charge in [-0.2, -0.15) is 0 Å². The molecule has 7 heteroatoms. The number of nitrogens with one attached hydrogen (secondary N) is 2. The zero-order valence-corrected chi connectivity index (χ0v) is 18.4. The number of rotatable bonds is 10. The highest BCUT2D eigenvalue weighted by Gasteiger charge is 2.09. The van der Waals surface area contributed by atoms with Crippen molar-refractivity contribution in [1.82, 2.24) is 10.6 Å². The fraction of sp³-hybridized carbons (Fsp3) is 0.304. The molecule has 0 radical (unpaired) electrons. The summed E-state index contributed by atoms with van der Waals surface area (Å²) >= 11 is 0. The Morgan fingerprint density at radius 3 is 2.37 bits per heavy atom. The minimum Gasteiger partial charge on any atom is -1.00 e. The molecular weight excluding hydrogens is 426 g/mol. The van der Waals surface area contributed by atoms with Crippen LogP contribution in [0, 0.1) is 5.82 Å². The second kappa shape index (κ2) is 13.4. The van der Waals surface area contributed by atoms with Crippen LogP contribution >= 0.6 is 0 Å². The molecule has 1 unspecified atom stereocenters. The molecule has 0 spiro atoms. The molecule has 0 bridgehead atoms. The normalized spacial score (nSPS) is 11.4. The second-order valence-corrected chi connectivity index (χ2v) is 6.91. The Bertz CT molecular complexity index is 892. The molecule has 0 heterocycles. The third-order valence-electron chi connectivity index (χ3n) is 4.53. The first-order valence-electron chi connectivity index (χ1n) is 9.61. The molecule has 0 saturated carbocycles. The monoisotopic (exact) mass is 452 g/mol. The first-order valence-corrected chi connectivity index (χ1v) is 9.61. The molecule has 0 aliphatic carbocycles. The third kappa shape index (κ3) is 7.74. The Morgan fingerprint density at radius 2 is 1.63 bits per heavy atom. The summed E-state index contributed by atoms with van der Waals surface area (Å²) in [7, 11) is 0. The number of ether oxygens (including phenoxy) is 1. The van der Waals surface area contributed by atoms with Gasteiger partial charge in [-0.15, -0.1) is 0 Å². The maximum atomic E-state index is 13.1. The zero-order valence-electron chi connectivity index (χ0n) is 16.9. The Kier molecular flexibility index (Phi) is 11.7. The molecule has 0 saturated heterocycles. The van der Waals surface area contributed by atoms with Crippen molar-refractivity contribution in [2.24, 2.45) is 0 Å². The molecule has 1 atom stereocenters. The lowest BCUT2D eigenvalue weighted by Crippen LogP contribution is -3.00. The quantitative estimate of drug-likeness (QED) is 0.301. The van der Waals surface area contributed by atoms with Crippen LogP contribution in [0.15, 0.2) is 60.7 Å². The first kappa shape index (κ1) is 26.1. The van der Waals surface area contributed by atoms with E-state index < -0.39 is 0 Å². The van der Waals surface area contributed by atoms with Gasteiger partial charge in [0.25, 0.3) is 0 Å².